The Morgan fingerprint density at radius 2 is 1.93 bits per heavy atom. The van der Waals surface area contributed by atoms with Crippen molar-refractivity contribution in [2.24, 2.45) is 0 Å². The molecule has 3 rings (SSSR count). The van der Waals surface area contributed by atoms with Gasteiger partial charge in [-0.05, 0) is 42.2 Å². The van der Waals surface area contributed by atoms with Crippen LogP contribution in [0.15, 0.2) is 47.4 Å². The number of hydrogen-bond acceptors (Lipinski definition) is 4. The van der Waals surface area contributed by atoms with Gasteiger partial charge in [-0.2, -0.15) is 0 Å². The summed E-state index contributed by atoms with van der Waals surface area (Å²) in [6.45, 7) is 3.34. The van der Waals surface area contributed by atoms with E-state index in [-0.39, 0.29) is 16.6 Å². The Balaban J connectivity index is 1.89. The number of nitrogens with zero attached hydrogens (tertiary/aromatic N) is 1. The zero-order chi connectivity index (χ0) is 19.4. The number of amides is 1. The fraction of sp³-hybridized carbons (Fsp3) is 0.350. The van der Waals surface area contributed by atoms with Crippen LogP contribution in [0.4, 0.5) is 0 Å². The highest BCUT2D eigenvalue weighted by Gasteiger charge is 2.25. The highest BCUT2D eigenvalue weighted by Crippen LogP contribution is 2.27. The van der Waals surface area contributed by atoms with E-state index in [0.29, 0.717) is 31.6 Å². The number of rotatable bonds is 6. The maximum absolute atomic E-state index is 13.0. The third-order valence-corrected chi connectivity index (χ3v) is 6.14. The third kappa shape index (κ3) is 4.14. The SMILES string of the molecule is CCCNS(=O)(=O)c1cc(C(=O)N2CCc3ccccc3C2)ccc1OC. The van der Waals surface area contributed by atoms with Gasteiger partial charge in [0.05, 0.1) is 7.11 Å². The van der Waals surface area contributed by atoms with Crippen molar-refractivity contribution in [1.82, 2.24) is 9.62 Å². The van der Waals surface area contributed by atoms with Crippen molar-refractivity contribution in [2.45, 2.75) is 31.2 Å². The highest BCUT2D eigenvalue weighted by atomic mass is 32.2. The van der Waals surface area contributed by atoms with Gasteiger partial charge in [0.25, 0.3) is 5.91 Å². The molecular weight excluding hydrogens is 364 g/mol. The molecule has 6 nitrogen and oxygen atoms in total. The van der Waals surface area contributed by atoms with Crippen molar-refractivity contribution in [3.63, 3.8) is 0 Å². The average Bonchev–Trinajstić information content (AvgIpc) is 2.71. The van der Waals surface area contributed by atoms with E-state index >= 15 is 0 Å². The molecule has 0 saturated heterocycles. The molecule has 0 atom stereocenters. The van der Waals surface area contributed by atoms with E-state index in [1.54, 1.807) is 11.0 Å². The predicted octanol–water partition coefficient (Wildman–Crippen LogP) is 2.58. The normalized spacial score (nSPS) is 13.9. The molecule has 0 fully saturated rings. The molecule has 7 heteroatoms. The van der Waals surface area contributed by atoms with Crippen LogP contribution in [0.25, 0.3) is 0 Å². The summed E-state index contributed by atoms with van der Waals surface area (Å²) in [4.78, 5) is 14.7. The Labute approximate surface area is 160 Å². The summed E-state index contributed by atoms with van der Waals surface area (Å²) in [7, 11) is -2.33. The first kappa shape index (κ1) is 19.4. The molecule has 0 saturated carbocycles. The number of methoxy groups -OCH3 is 1. The summed E-state index contributed by atoms with van der Waals surface area (Å²) < 4.78 is 32.9. The molecule has 0 spiro atoms. The quantitative estimate of drug-likeness (QED) is 0.825. The molecule has 1 amide bonds. The number of benzene rings is 2. The lowest BCUT2D eigenvalue weighted by molar-refractivity contribution is 0.0734. The van der Waals surface area contributed by atoms with Crippen molar-refractivity contribution in [2.75, 3.05) is 20.2 Å². The minimum atomic E-state index is -3.75. The number of carbonyl (C=O) groups excluding carboxylic acids is 1. The summed E-state index contributed by atoms with van der Waals surface area (Å²) in [6, 6.07) is 12.6. The number of ether oxygens (including phenoxy) is 1. The first-order chi connectivity index (χ1) is 13.0. The second-order valence-corrected chi connectivity index (χ2v) is 8.24. The fourth-order valence-corrected chi connectivity index (χ4v) is 4.51. The van der Waals surface area contributed by atoms with Gasteiger partial charge in [0, 0.05) is 25.2 Å². The van der Waals surface area contributed by atoms with Crippen LogP contribution in [0.3, 0.4) is 0 Å². The van der Waals surface area contributed by atoms with Crippen LogP contribution in [0.1, 0.15) is 34.8 Å². The van der Waals surface area contributed by atoms with Crippen molar-refractivity contribution >= 4 is 15.9 Å². The molecule has 2 aromatic carbocycles. The van der Waals surface area contributed by atoms with Crippen molar-refractivity contribution < 1.29 is 17.9 Å². The molecule has 27 heavy (non-hydrogen) atoms. The standard InChI is InChI=1S/C20H24N2O4S/c1-3-11-21-27(24,25)19-13-16(8-9-18(19)26-2)20(23)22-12-10-15-6-4-5-7-17(15)14-22/h4-9,13,21H,3,10-12,14H2,1-2H3. The maximum Gasteiger partial charge on any atom is 0.254 e. The lowest BCUT2D eigenvalue weighted by Gasteiger charge is -2.29. The van der Waals surface area contributed by atoms with E-state index < -0.39 is 10.0 Å². The van der Waals surface area contributed by atoms with Gasteiger partial charge in [-0.3, -0.25) is 4.79 Å². The summed E-state index contributed by atoms with van der Waals surface area (Å²) in [5, 5.41) is 0. The van der Waals surface area contributed by atoms with E-state index in [2.05, 4.69) is 10.8 Å². The van der Waals surface area contributed by atoms with Crippen LogP contribution in [0, 0.1) is 0 Å². The van der Waals surface area contributed by atoms with Gasteiger partial charge in [-0.25, -0.2) is 13.1 Å². The molecule has 1 aliphatic rings. The Bertz CT molecular complexity index is 941. The zero-order valence-electron chi connectivity index (χ0n) is 15.6. The van der Waals surface area contributed by atoms with E-state index in [1.807, 2.05) is 25.1 Å². The molecule has 144 valence electrons. The number of carbonyl (C=O) groups is 1. The van der Waals surface area contributed by atoms with Gasteiger partial charge in [0.1, 0.15) is 10.6 Å². The van der Waals surface area contributed by atoms with Crippen molar-refractivity contribution in [3.05, 3.63) is 59.2 Å². The Morgan fingerprint density at radius 3 is 2.63 bits per heavy atom. The second-order valence-electron chi connectivity index (χ2n) is 6.51. The monoisotopic (exact) mass is 388 g/mol. The summed E-state index contributed by atoms with van der Waals surface area (Å²) in [5.74, 6) is 0.0400. The zero-order valence-corrected chi connectivity index (χ0v) is 16.4. The van der Waals surface area contributed by atoms with Crippen LogP contribution in [0.2, 0.25) is 0 Å². The minimum Gasteiger partial charge on any atom is -0.495 e. The van der Waals surface area contributed by atoms with Crippen LogP contribution >= 0.6 is 0 Å². The third-order valence-electron chi connectivity index (χ3n) is 4.66. The number of nitrogens with one attached hydrogen (secondary N) is 1. The van der Waals surface area contributed by atoms with Crippen molar-refractivity contribution in [3.8, 4) is 5.75 Å². The lowest BCUT2D eigenvalue weighted by atomic mass is 9.99. The first-order valence-electron chi connectivity index (χ1n) is 9.00. The van der Waals surface area contributed by atoms with Gasteiger partial charge < -0.3 is 9.64 Å². The van der Waals surface area contributed by atoms with E-state index in [0.717, 1.165) is 12.0 Å². The molecule has 0 aromatic heterocycles. The number of sulfonamides is 1. The van der Waals surface area contributed by atoms with Crippen LogP contribution < -0.4 is 9.46 Å². The van der Waals surface area contributed by atoms with E-state index in [4.69, 9.17) is 4.74 Å². The maximum atomic E-state index is 13.0. The topological polar surface area (TPSA) is 75.7 Å². The molecular formula is C20H24N2O4S. The lowest BCUT2D eigenvalue weighted by Crippen LogP contribution is -2.36. The van der Waals surface area contributed by atoms with Crippen LogP contribution in [-0.4, -0.2) is 39.4 Å². The van der Waals surface area contributed by atoms with Gasteiger partial charge in [-0.15, -0.1) is 0 Å². The summed E-state index contributed by atoms with van der Waals surface area (Å²) in [5.41, 5.74) is 2.72. The molecule has 0 aliphatic carbocycles. The van der Waals surface area contributed by atoms with Crippen LogP contribution in [0.5, 0.6) is 5.75 Å². The Hall–Kier alpha value is -2.38. The molecule has 0 radical (unpaired) electrons. The second kappa shape index (κ2) is 8.10. The summed E-state index contributed by atoms with van der Waals surface area (Å²) >= 11 is 0. The van der Waals surface area contributed by atoms with Crippen molar-refractivity contribution in [1.29, 1.82) is 0 Å². The number of fused-ring (bicyclic) bond motifs is 1. The molecule has 1 heterocycles. The van der Waals surface area contributed by atoms with Gasteiger partial charge in [-0.1, -0.05) is 31.2 Å². The van der Waals surface area contributed by atoms with Crippen LogP contribution in [-0.2, 0) is 23.0 Å². The fourth-order valence-electron chi connectivity index (χ4n) is 3.19. The molecule has 2 aromatic rings. The Kier molecular flexibility index (Phi) is 5.82. The minimum absolute atomic E-state index is 0.0123. The predicted molar refractivity (Wildman–Crippen MR) is 103 cm³/mol. The molecule has 0 unspecified atom stereocenters. The van der Waals surface area contributed by atoms with E-state index in [9.17, 15) is 13.2 Å². The van der Waals surface area contributed by atoms with E-state index in [1.165, 1.54) is 24.8 Å². The first-order valence-corrected chi connectivity index (χ1v) is 10.5. The van der Waals surface area contributed by atoms with Gasteiger partial charge in [0.2, 0.25) is 10.0 Å². The number of hydrogen-bond donors (Lipinski definition) is 1. The van der Waals surface area contributed by atoms with Gasteiger partial charge in [0.15, 0.2) is 0 Å². The molecule has 1 N–H and O–H groups in total. The highest BCUT2D eigenvalue weighted by molar-refractivity contribution is 7.89. The largest absolute Gasteiger partial charge is 0.495 e. The summed E-state index contributed by atoms with van der Waals surface area (Å²) in [6.07, 6.45) is 1.47. The Morgan fingerprint density at radius 1 is 1.19 bits per heavy atom. The van der Waals surface area contributed by atoms with Gasteiger partial charge >= 0.3 is 0 Å². The molecule has 1 aliphatic heterocycles. The average molecular weight is 388 g/mol. The smallest absolute Gasteiger partial charge is 0.254 e. The molecule has 0 bridgehead atoms.